The van der Waals surface area contributed by atoms with Crippen molar-refractivity contribution >= 4 is 22.8 Å². The number of furan rings is 1. The Kier molecular flexibility index (Phi) is 3.62. The molecular weight excluding hydrogens is 274 g/mol. The number of rotatable bonds is 3. The Bertz CT molecular complexity index is 678. The van der Waals surface area contributed by atoms with E-state index in [1.807, 2.05) is 18.2 Å². The maximum atomic E-state index is 12.6. The van der Waals surface area contributed by atoms with Crippen molar-refractivity contribution in [2.45, 2.75) is 12.5 Å². The molecule has 1 fully saturated rings. The van der Waals surface area contributed by atoms with Crippen molar-refractivity contribution in [3.63, 3.8) is 0 Å². The summed E-state index contributed by atoms with van der Waals surface area (Å²) in [6, 6.07) is 7.33. The summed E-state index contributed by atoms with van der Waals surface area (Å²) in [5.41, 5.74) is 1.16. The lowest BCUT2D eigenvalue weighted by Gasteiger charge is -2.32. The van der Waals surface area contributed by atoms with Crippen molar-refractivity contribution in [1.29, 1.82) is 0 Å². The van der Waals surface area contributed by atoms with E-state index in [1.165, 1.54) is 6.26 Å². The van der Waals surface area contributed by atoms with Gasteiger partial charge in [-0.1, -0.05) is 18.2 Å². The zero-order valence-electron chi connectivity index (χ0n) is 11.3. The number of carbonyl (C=O) groups excluding carboxylic acids is 1. The van der Waals surface area contributed by atoms with Crippen LogP contribution < -0.4 is 0 Å². The molecule has 1 aliphatic heterocycles. The molecule has 6 nitrogen and oxygen atoms in total. The van der Waals surface area contributed by atoms with Gasteiger partial charge in [-0.15, -0.1) is 0 Å². The summed E-state index contributed by atoms with van der Waals surface area (Å²) < 4.78 is 10.8. The van der Waals surface area contributed by atoms with Gasteiger partial charge in [-0.2, -0.15) is 0 Å². The Hall–Kier alpha value is -2.34. The number of carbonyl (C=O) groups is 2. The summed E-state index contributed by atoms with van der Waals surface area (Å²) in [4.78, 5) is 24.9. The lowest BCUT2D eigenvalue weighted by Crippen LogP contribution is -2.46. The second-order valence-electron chi connectivity index (χ2n) is 4.99. The highest BCUT2D eigenvalue weighted by atomic mass is 16.5. The topological polar surface area (TPSA) is 80.0 Å². The van der Waals surface area contributed by atoms with E-state index in [2.05, 4.69) is 0 Å². The normalized spacial score (nSPS) is 18.9. The first kappa shape index (κ1) is 13.6. The molecule has 21 heavy (non-hydrogen) atoms. The summed E-state index contributed by atoms with van der Waals surface area (Å²) in [7, 11) is 0. The molecule has 1 unspecified atom stereocenters. The van der Waals surface area contributed by atoms with Crippen molar-refractivity contribution in [3.8, 4) is 0 Å². The van der Waals surface area contributed by atoms with Crippen molar-refractivity contribution in [1.82, 2.24) is 4.90 Å². The van der Waals surface area contributed by atoms with Crippen molar-refractivity contribution in [2.75, 3.05) is 19.7 Å². The molecule has 0 spiro atoms. The van der Waals surface area contributed by atoms with Gasteiger partial charge in [0.25, 0.3) is 5.91 Å². The first-order valence-electron chi connectivity index (χ1n) is 6.74. The van der Waals surface area contributed by atoms with E-state index in [1.54, 1.807) is 11.0 Å². The van der Waals surface area contributed by atoms with E-state index in [0.29, 0.717) is 24.3 Å². The zero-order valence-corrected chi connectivity index (χ0v) is 11.3. The number of carboxylic acid groups (broad SMARTS) is 1. The molecule has 0 aliphatic carbocycles. The van der Waals surface area contributed by atoms with Crippen LogP contribution in [-0.2, 0) is 9.53 Å². The van der Waals surface area contributed by atoms with Gasteiger partial charge < -0.3 is 19.2 Å². The fourth-order valence-electron chi connectivity index (χ4n) is 2.54. The second kappa shape index (κ2) is 5.57. The van der Waals surface area contributed by atoms with Crippen LogP contribution in [0.2, 0.25) is 0 Å². The third kappa shape index (κ3) is 2.75. The average Bonchev–Trinajstić information content (AvgIpc) is 2.90. The Morgan fingerprint density at radius 2 is 2.14 bits per heavy atom. The molecular formula is C15H15NO5. The van der Waals surface area contributed by atoms with Crippen molar-refractivity contribution in [2.24, 2.45) is 0 Å². The van der Waals surface area contributed by atoms with Gasteiger partial charge in [-0.05, 0) is 6.07 Å². The summed E-state index contributed by atoms with van der Waals surface area (Å²) in [5.74, 6) is -1.08. The van der Waals surface area contributed by atoms with Crippen LogP contribution in [0.1, 0.15) is 16.8 Å². The maximum absolute atomic E-state index is 12.6. The minimum absolute atomic E-state index is 0.101. The highest BCUT2D eigenvalue weighted by Gasteiger charge is 2.28. The van der Waals surface area contributed by atoms with Gasteiger partial charge in [0.1, 0.15) is 11.8 Å². The SMILES string of the molecule is O=C(O)CC1CN(C(=O)c2coc3ccccc23)CCO1. The fourth-order valence-corrected chi connectivity index (χ4v) is 2.54. The molecule has 1 amide bonds. The Balaban J connectivity index is 1.80. The van der Waals surface area contributed by atoms with E-state index in [9.17, 15) is 9.59 Å². The Morgan fingerprint density at radius 3 is 2.95 bits per heavy atom. The number of carboxylic acids is 1. The number of hydrogen-bond donors (Lipinski definition) is 1. The molecule has 6 heteroatoms. The number of amides is 1. The lowest BCUT2D eigenvalue weighted by molar-refractivity contribution is -0.141. The largest absolute Gasteiger partial charge is 0.481 e. The summed E-state index contributed by atoms with van der Waals surface area (Å²) in [6.07, 6.45) is 0.892. The Morgan fingerprint density at radius 1 is 1.33 bits per heavy atom. The highest BCUT2D eigenvalue weighted by molar-refractivity contribution is 6.05. The molecule has 1 atom stereocenters. The number of hydrogen-bond acceptors (Lipinski definition) is 4. The number of benzene rings is 1. The third-order valence-electron chi connectivity index (χ3n) is 3.54. The first-order valence-corrected chi connectivity index (χ1v) is 6.74. The number of nitrogens with zero attached hydrogens (tertiary/aromatic N) is 1. The van der Waals surface area contributed by atoms with Crippen LogP contribution in [0.5, 0.6) is 0 Å². The molecule has 0 radical (unpaired) electrons. The minimum atomic E-state index is -0.928. The van der Waals surface area contributed by atoms with E-state index in [0.717, 1.165) is 5.39 Å². The van der Waals surface area contributed by atoms with Crippen LogP contribution in [0, 0.1) is 0 Å². The van der Waals surface area contributed by atoms with Crippen LogP contribution >= 0.6 is 0 Å². The quantitative estimate of drug-likeness (QED) is 0.931. The molecule has 0 bridgehead atoms. The Labute approximate surface area is 120 Å². The maximum Gasteiger partial charge on any atom is 0.306 e. The summed E-state index contributed by atoms with van der Waals surface area (Å²) in [5, 5.41) is 9.58. The number of para-hydroxylation sites is 1. The van der Waals surface area contributed by atoms with Gasteiger partial charge in [0.2, 0.25) is 0 Å². The standard InChI is InChI=1S/C15H15NO5/c17-14(18)7-10-8-16(5-6-20-10)15(19)12-9-21-13-4-2-1-3-11(12)13/h1-4,9-10H,5-8H2,(H,17,18). The zero-order chi connectivity index (χ0) is 14.8. The summed E-state index contributed by atoms with van der Waals surface area (Å²) >= 11 is 0. The molecule has 3 rings (SSSR count). The molecule has 1 N–H and O–H groups in total. The van der Waals surface area contributed by atoms with Gasteiger partial charge >= 0.3 is 5.97 Å². The third-order valence-corrected chi connectivity index (χ3v) is 3.54. The molecule has 1 saturated heterocycles. The molecule has 0 saturated carbocycles. The fraction of sp³-hybridized carbons (Fsp3) is 0.333. The summed E-state index contributed by atoms with van der Waals surface area (Å²) in [6.45, 7) is 1.08. The van der Waals surface area contributed by atoms with E-state index >= 15 is 0 Å². The predicted octanol–water partition coefficient (Wildman–Crippen LogP) is 1.75. The van der Waals surface area contributed by atoms with Crippen LogP contribution in [0.3, 0.4) is 0 Å². The monoisotopic (exact) mass is 289 g/mol. The van der Waals surface area contributed by atoms with Gasteiger partial charge in [-0.3, -0.25) is 9.59 Å². The number of fused-ring (bicyclic) bond motifs is 1. The van der Waals surface area contributed by atoms with Crippen LogP contribution in [0.15, 0.2) is 34.9 Å². The van der Waals surface area contributed by atoms with E-state index < -0.39 is 12.1 Å². The molecule has 1 aromatic heterocycles. The van der Waals surface area contributed by atoms with Gasteiger partial charge in [-0.25, -0.2) is 0 Å². The molecule has 1 aliphatic rings. The van der Waals surface area contributed by atoms with Gasteiger partial charge in [0.05, 0.1) is 24.7 Å². The van der Waals surface area contributed by atoms with Crippen LogP contribution in [-0.4, -0.2) is 47.7 Å². The van der Waals surface area contributed by atoms with E-state index in [4.69, 9.17) is 14.3 Å². The highest BCUT2D eigenvalue weighted by Crippen LogP contribution is 2.23. The van der Waals surface area contributed by atoms with Gasteiger partial charge in [0, 0.05) is 18.5 Å². The van der Waals surface area contributed by atoms with Crippen molar-refractivity contribution in [3.05, 3.63) is 36.1 Å². The van der Waals surface area contributed by atoms with Gasteiger partial charge in [0.15, 0.2) is 0 Å². The van der Waals surface area contributed by atoms with Crippen LogP contribution in [0.25, 0.3) is 11.0 Å². The lowest BCUT2D eigenvalue weighted by atomic mass is 10.1. The minimum Gasteiger partial charge on any atom is -0.481 e. The first-order chi connectivity index (χ1) is 10.1. The number of aliphatic carboxylic acids is 1. The molecule has 110 valence electrons. The predicted molar refractivity (Wildman–Crippen MR) is 74.1 cm³/mol. The van der Waals surface area contributed by atoms with Crippen molar-refractivity contribution < 1.29 is 23.8 Å². The molecule has 2 aromatic rings. The second-order valence-corrected chi connectivity index (χ2v) is 4.99. The van der Waals surface area contributed by atoms with Crippen LogP contribution in [0.4, 0.5) is 0 Å². The number of ether oxygens (including phenoxy) is 1. The number of morpholine rings is 1. The molecule has 2 heterocycles. The van der Waals surface area contributed by atoms with E-state index in [-0.39, 0.29) is 18.9 Å². The smallest absolute Gasteiger partial charge is 0.306 e. The average molecular weight is 289 g/mol. The molecule has 1 aromatic carbocycles.